The van der Waals surface area contributed by atoms with Crippen LogP contribution in [0.1, 0.15) is 142 Å². The first-order chi connectivity index (χ1) is 14.0. The van der Waals surface area contributed by atoms with Crippen molar-refractivity contribution in [1.29, 1.82) is 0 Å². The molecule has 2 atom stereocenters. The van der Waals surface area contributed by atoms with Crippen LogP contribution in [0, 0.1) is 11.3 Å². The molecule has 168 valence electrons. The molecular weight excluding hydrogens is 348 g/mol. The summed E-state index contributed by atoms with van der Waals surface area (Å²) < 4.78 is 0. The lowest BCUT2D eigenvalue weighted by atomic mass is 9.66. The Morgan fingerprint density at radius 2 is 1.14 bits per heavy atom. The van der Waals surface area contributed by atoms with Gasteiger partial charge in [0.1, 0.15) is 0 Å². The van der Waals surface area contributed by atoms with Crippen LogP contribution >= 0.6 is 0 Å². The summed E-state index contributed by atoms with van der Waals surface area (Å²) in [6.45, 7) is 12.2. The van der Waals surface area contributed by atoms with Crippen LogP contribution in [-0.2, 0) is 0 Å². The maximum Gasteiger partial charge on any atom is -0.0157 e. The summed E-state index contributed by atoms with van der Waals surface area (Å²) in [6, 6.07) is 11.3. The number of hydrogen-bond acceptors (Lipinski definition) is 0. The van der Waals surface area contributed by atoms with Crippen LogP contribution in [-0.4, -0.2) is 0 Å². The van der Waals surface area contributed by atoms with Gasteiger partial charge in [-0.15, -0.1) is 0 Å². The quantitative estimate of drug-likeness (QED) is 0.215. The molecule has 0 aliphatic rings. The summed E-state index contributed by atoms with van der Waals surface area (Å²) in [5.74, 6) is 1.45. The third-order valence-corrected chi connectivity index (χ3v) is 7.23. The molecule has 29 heavy (non-hydrogen) atoms. The summed E-state index contributed by atoms with van der Waals surface area (Å²) in [7, 11) is 0. The van der Waals surface area contributed by atoms with Crippen LogP contribution in [0.5, 0.6) is 0 Å². The number of unbranched alkanes of at least 4 members (excludes halogenated alkanes) is 11. The Hall–Kier alpha value is -0.780. The molecule has 0 fully saturated rings. The smallest absolute Gasteiger partial charge is 0.0157 e. The number of benzene rings is 1. The van der Waals surface area contributed by atoms with Gasteiger partial charge in [0.15, 0.2) is 0 Å². The van der Waals surface area contributed by atoms with Gasteiger partial charge in [0.05, 0.1) is 0 Å². The van der Waals surface area contributed by atoms with Gasteiger partial charge in [-0.25, -0.2) is 0 Å². The Bertz CT molecular complexity index is 472. The molecule has 0 bridgehead atoms. The first kappa shape index (κ1) is 26.3. The molecule has 0 heterocycles. The summed E-state index contributed by atoms with van der Waals surface area (Å²) in [5.41, 5.74) is 1.97. The van der Waals surface area contributed by atoms with Crippen molar-refractivity contribution in [3.63, 3.8) is 0 Å². The van der Waals surface area contributed by atoms with E-state index in [2.05, 4.69) is 65.0 Å². The van der Waals surface area contributed by atoms with Crippen LogP contribution in [0.15, 0.2) is 30.3 Å². The average Bonchev–Trinajstić information content (AvgIpc) is 2.72. The monoisotopic (exact) mass is 400 g/mol. The van der Waals surface area contributed by atoms with Gasteiger partial charge in [-0.05, 0) is 35.7 Å². The molecule has 0 spiro atoms. The van der Waals surface area contributed by atoms with E-state index in [9.17, 15) is 0 Å². The third-order valence-electron chi connectivity index (χ3n) is 7.23. The van der Waals surface area contributed by atoms with Gasteiger partial charge in [-0.3, -0.25) is 0 Å². The summed E-state index contributed by atoms with van der Waals surface area (Å²) in [5, 5.41) is 0. The van der Waals surface area contributed by atoms with Crippen LogP contribution in [0.2, 0.25) is 0 Å². The fraction of sp³-hybridized carbons (Fsp3) is 0.793. The zero-order valence-corrected chi connectivity index (χ0v) is 20.6. The zero-order chi connectivity index (χ0) is 21.4. The van der Waals surface area contributed by atoms with Crippen LogP contribution < -0.4 is 0 Å². The summed E-state index contributed by atoms with van der Waals surface area (Å²) in [6.07, 6.45) is 21.2. The Balaban J connectivity index is 2.46. The van der Waals surface area contributed by atoms with E-state index in [-0.39, 0.29) is 0 Å². The molecule has 0 N–H and O–H groups in total. The van der Waals surface area contributed by atoms with Gasteiger partial charge in [-0.1, -0.05) is 148 Å². The van der Waals surface area contributed by atoms with Gasteiger partial charge in [0, 0.05) is 0 Å². The SMILES string of the molecule is CCCCCCCCCCCCC(C(C)c1ccccc1)C(C)(C)CCCCC. The lowest BCUT2D eigenvalue weighted by Crippen LogP contribution is -2.28. The fourth-order valence-corrected chi connectivity index (χ4v) is 5.17. The molecule has 0 aliphatic carbocycles. The van der Waals surface area contributed by atoms with E-state index in [0.717, 1.165) is 5.92 Å². The average molecular weight is 401 g/mol. The predicted molar refractivity (Wildman–Crippen MR) is 133 cm³/mol. The van der Waals surface area contributed by atoms with Gasteiger partial charge in [-0.2, -0.15) is 0 Å². The molecule has 2 unspecified atom stereocenters. The number of rotatable bonds is 18. The lowest BCUT2D eigenvalue weighted by molar-refractivity contribution is 0.148. The van der Waals surface area contributed by atoms with Gasteiger partial charge >= 0.3 is 0 Å². The highest BCUT2D eigenvalue weighted by Gasteiger charge is 2.33. The Morgan fingerprint density at radius 1 is 0.655 bits per heavy atom. The van der Waals surface area contributed by atoms with Crippen molar-refractivity contribution in [1.82, 2.24) is 0 Å². The molecule has 0 aromatic heterocycles. The van der Waals surface area contributed by atoms with E-state index < -0.39 is 0 Å². The molecule has 0 heteroatoms. The third kappa shape index (κ3) is 11.3. The topological polar surface area (TPSA) is 0 Å². The van der Waals surface area contributed by atoms with Crippen molar-refractivity contribution in [2.24, 2.45) is 11.3 Å². The largest absolute Gasteiger partial charge is 0.0654 e. The van der Waals surface area contributed by atoms with Crippen molar-refractivity contribution in [3.05, 3.63) is 35.9 Å². The van der Waals surface area contributed by atoms with Crippen molar-refractivity contribution >= 4 is 0 Å². The van der Waals surface area contributed by atoms with Crippen LogP contribution in [0.3, 0.4) is 0 Å². The molecule has 0 aliphatic heterocycles. The van der Waals surface area contributed by atoms with Crippen molar-refractivity contribution in [2.75, 3.05) is 0 Å². The first-order valence-corrected chi connectivity index (χ1v) is 13.1. The minimum absolute atomic E-state index is 0.434. The highest BCUT2D eigenvalue weighted by molar-refractivity contribution is 5.20. The van der Waals surface area contributed by atoms with E-state index in [4.69, 9.17) is 0 Å². The molecule has 1 rings (SSSR count). The van der Waals surface area contributed by atoms with Crippen LogP contribution in [0.4, 0.5) is 0 Å². The molecule has 1 aromatic carbocycles. The normalized spacial score (nSPS) is 14.1. The summed E-state index contributed by atoms with van der Waals surface area (Å²) >= 11 is 0. The standard InChI is InChI=1S/C29H52/c1-6-8-10-11-12-13-14-15-16-20-24-28(29(4,5)25-21-9-7-2)26(3)27-22-18-17-19-23-27/h17-19,22-23,26,28H,6-16,20-21,24-25H2,1-5H3. The van der Waals surface area contributed by atoms with Gasteiger partial charge in [0.25, 0.3) is 0 Å². The van der Waals surface area contributed by atoms with E-state index in [1.54, 1.807) is 0 Å². The molecule has 0 nitrogen and oxygen atoms in total. The predicted octanol–water partition coefficient (Wildman–Crippen LogP) is 10.3. The second-order valence-electron chi connectivity index (χ2n) is 10.2. The second-order valence-corrected chi connectivity index (χ2v) is 10.2. The molecular formula is C29H52. The Labute approximate surface area is 184 Å². The molecule has 0 radical (unpaired) electrons. The number of hydrogen-bond donors (Lipinski definition) is 0. The van der Waals surface area contributed by atoms with Gasteiger partial charge in [0.2, 0.25) is 0 Å². The van der Waals surface area contributed by atoms with Crippen molar-refractivity contribution in [3.8, 4) is 0 Å². The Kier molecular flexibility index (Phi) is 14.5. The van der Waals surface area contributed by atoms with Crippen molar-refractivity contribution < 1.29 is 0 Å². The zero-order valence-electron chi connectivity index (χ0n) is 20.6. The van der Waals surface area contributed by atoms with E-state index in [0.29, 0.717) is 11.3 Å². The summed E-state index contributed by atoms with van der Waals surface area (Å²) in [4.78, 5) is 0. The van der Waals surface area contributed by atoms with Crippen molar-refractivity contribution in [2.45, 2.75) is 137 Å². The molecule has 0 saturated heterocycles. The van der Waals surface area contributed by atoms with E-state index in [1.165, 1.54) is 102 Å². The highest BCUT2D eigenvalue weighted by Crippen LogP contribution is 2.44. The van der Waals surface area contributed by atoms with Gasteiger partial charge < -0.3 is 0 Å². The second kappa shape index (κ2) is 16.0. The maximum absolute atomic E-state index is 2.54. The maximum atomic E-state index is 2.54. The minimum Gasteiger partial charge on any atom is -0.0654 e. The molecule has 0 amide bonds. The molecule has 1 aromatic rings. The molecule has 0 saturated carbocycles. The van der Waals surface area contributed by atoms with E-state index in [1.807, 2.05) is 0 Å². The van der Waals surface area contributed by atoms with E-state index >= 15 is 0 Å². The lowest BCUT2D eigenvalue weighted by Gasteiger charge is -2.39. The highest BCUT2D eigenvalue weighted by atomic mass is 14.4. The first-order valence-electron chi connectivity index (χ1n) is 13.1. The minimum atomic E-state index is 0.434. The fourth-order valence-electron chi connectivity index (χ4n) is 5.17. The Morgan fingerprint density at radius 3 is 1.69 bits per heavy atom. The van der Waals surface area contributed by atoms with Crippen LogP contribution in [0.25, 0.3) is 0 Å².